The molecule has 34 heavy (non-hydrogen) atoms. The lowest BCUT2D eigenvalue weighted by Gasteiger charge is -2.32. The van der Waals surface area contributed by atoms with Crippen LogP contribution in [0.3, 0.4) is 0 Å². The van der Waals surface area contributed by atoms with Crippen molar-refractivity contribution in [3.63, 3.8) is 0 Å². The minimum atomic E-state index is -0.0786. The van der Waals surface area contributed by atoms with Gasteiger partial charge in [-0.1, -0.05) is 24.3 Å². The molecule has 1 N–H and O–H groups in total. The average molecular weight is 464 g/mol. The number of nitrogens with zero attached hydrogens (tertiary/aromatic N) is 2. The fraction of sp³-hybridized carbons (Fsp3) is 0.407. The summed E-state index contributed by atoms with van der Waals surface area (Å²) in [5.41, 5.74) is 3.03. The number of hydrogen-bond donors (Lipinski definition) is 1. The van der Waals surface area contributed by atoms with Crippen molar-refractivity contribution in [1.82, 2.24) is 15.2 Å². The van der Waals surface area contributed by atoms with E-state index < -0.39 is 0 Å². The number of nitrogens with one attached hydrogen (secondary N) is 1. The van der Waals surface area contributed by atoms with Gasteiger partial charge in [-0.15, -0.1) is 0 Å². The number of methoxy groups -OCH3 is 2. The molecule has 0 bridgehead atoms. The number of pyridine rings is 1. The first kappa shape index (κ1) is 24.1. The Bertz CT molecular complexity index is 1080. The van der Waals surface area contributed by atoms with Gasteiger partial charge in [0.05, 0.1) is 32.5 Å². The van der Waals surface area contributed by atoms with Crippen LogP contribution < -0.4 is 10.1 Å². The SMILES string of the molecule is COCCOCc1ccc2ccc(CN3CCC(NC(=O)c4ccc(OC)nc4)CC3)cc2c1. The van der Waals surface area contributed by atoms with Gasteiger partial charge in [-0.25, -0.2) is 4.98 Å². The van der Waals surface area contributed by atoms with E-state index in [4.69, 9.17) is 14.2 Å². The number of ether oxygens (including phenoxy) is 3. The fourth-order valence-electron chi connectivity index (χ4n) is 4.26. The minimum Gasteiger partial charge on any atom is -0.481 e. The molecule has 2 heterocycles. The molecular formula is C27H33N3O4. The Labute approximate surface area is 201 Å². The summed E-state index contributed by atoms with van der Waals surface area (Å²) in [7, 11) is 3.24. The third-order valence-corrected chi connectivity index (χ3v) is 6.21. The van der Waals surface area contributed by atoms with Gasteiger partial charge in [-0.3, -0.25) is 9.69 Å². The molecule has 0 saturated carbocycles. The van der Waals surface area contributed by atoms with E-state index in [9.17, 15) is 4.79 Å². The van der Waals surface area contributed by atoms with Gasteiger partial charge in [0, 0.05) is 45.0 Å². The maximum atomic E-state index is 12.5. The highest BCUT2D eigenvalue weighted by atomic mass is 16.5. The zero-order valence-electron chi connectivity index (χ0n) is 20.0. The summed E-state index contributed by atoms with van der Waals surface area (Å²) >= 11 is 0. The Balaban J connectivity index is 1.28. The van der Waals surface area contributed by atoms with Crippen molar-refractivity contribution >= 4 is 16.7 Å². The predicted octanol–water partition coefficient (Wildman–Crippen LogP) is 3.80. The molecule has 1 amide bonds. The molecule has 2 aromatic carbocycles. The number of likely N-dealkylation sites (tertiary alicyclic amines) is 1. The van der Waals surface area contributed by atoms with Crippen LogP contribution in [0.1, 0.15) is 34.3 Å². The molecule has 0 unspecified atom stereocenters. The molecule has 4 rings (SSSR count). The number of hydrogen-bond acceptors (Lipinski definition) is 6. The van der Waals surface area contributed by atoms with E-state index in [0.29, 0.717) is 31.3 Å². The molecule has 1 aromatic heterocycles. The van der Waals surface area contributed by atoms with Gasteiger partial charge in [-0.05, 0) is 52.9 Å². The van der Waals surface area contributed by atoms with Crippen molar-refractivity contribution in [3.05, 3.63) is 71.4 Å². The van der Waals surface area contributed by atoms with Crippen LogP contribution in [0.4, 0.5) is 0 Å². The first-order valence-corrected chi connectivity index (χ1v) is 11.8. The maximum Gasteiger partial charge on any atom is 0.253 e. The van der Waals surface area contributed by atoms with E-state index in [1.54, 1.807) is 32.5 Å². The highest BCUT2D eigenvalue weighted by Gasteiger charge is 2.21. The van der Waals surface area contributed by atoms with Crippen molar-refractivity contribution in [2.24, 2.45) is 0 Å². The van der Waals surface area contributed by atoms with Crippen molar-refractivity contribution in [3.8, 4) is 5.88 Å². The number of benzene rings is 2. The third-order valence-electron chi connectivity index (χ3n) is 6.21. The van der Waals surface area contributed by atoms with Gasteiger partial charge in [0.1, 0.15) is 0 Å². The van der Waals surface area contributed by atoms with Crippen LogP contribution in [-0.2, 0) is 22.6 Å². The van der Waals surface area contributed by atoms with E-state index >= 15 is 0 Å². The van der Waals surface area contributed by atoms with Gasteiger partial charge >= 0.3 is 0 Å². The fourth-order valence-corrected chi connectivity index (χ4v) is 4.26. The summed E-state index contributed by atoms with van der Waals surface area (Å²) in [5.74, 6) is 0.426. The van der Waals surface area contributed by atoms with Crippen LogP contribution in [-0.4, -0.2) is 62.4 Å². The average Bonchev–Trinajstić information content (AvgIpc) is 2.87. The molecule has 0 spiro atoms. The molecule has 0 aliphatic carbocycles. The van der Waals surface area contributed by atoms with Gasteiger partial charge in [0.25, 0.3) is 5.91 Å². The number of amides is 1. The molecule has 0 atom stereocenters. The Kier molecular flexibility index (Phi) is 8.46. The van der Waals surface area contributed by atoms with Crippen LogP contribution in [0.25, 0.3) is 10.8 Å². The molecule has 1 fully saturated rings. The summed E-state index contributed by atoms with van der Waals surface area (Å²) in [6.07, 6.45) is 3.43. The van der Waals surface area contributed by atoms with Crippen LogP contribution in [0.15, 0.2) is 54.7 Å². The van der Waals surface area contributed by atoms with Gasteiger partial charge in [0.2, 0.25) is 5.88 Å². The second kappa shape index (κ2) is 11.9. The Morgan fingerprint density at radius 3 is 2.47 bits per heavy atom. The van der Waals surface area contributed by atoms with Crippen LogP contribution in [0.5, 0.6) is 5.88 Å². The smallest absolute Gasteiger partial charge is 0.253 e. The van der Waals surface area contributed by atoms with Crippen LogP contribution in [0, 0.1) is 0 Å². The predicted molar refractivity (Wildman–Crippen MR) is 132 cm³/mol. The summed E-state index contributed by atoms with van der Waals surface area (Å²) in [4.78, 5) is 19.1. The molecule has 7 nitrogen and oxygen atoms in total. The molecular weight excluding hydrogens is 430 g/mol. The normalized spacial score (nSPS) is 14.9. The van der Waals surface area contributed by atoms with Crippen molar-refractivity contribution in [1.29, 1.82) is 0 Å². The molecule has 0 radical (unpaired) electrons. The van der Waals surface area contributed by atoms with E-state index in [1.165, 1.54) is 21.9 Å². The molecule has 3 aromatic rings. The third kappa shape index (κ3) is 6.53. The highest BCUT2D eigenvalue weighted by molar-refractivity contribution is 5.94. The van der Waals surface area contributed by atoms with E-state index in [-0.39, 0.29) is 11.9 Å². The summed E-state index contributed by atoms with van der Waals surface area (Å²) in [6.45, 7) is 4.62. The van der Waals surface area contributed by atoms with Crippen molar-refractivity contribution in [2.45, 2.75) is 32.0 Å². The van der Waals surface area contributed by atoms with E-state index in [0.717, 1.165) is 32.5 Å². The standard InChI is InChI=1S/C27H33N3O4/c1-32-13-14-34-19-21-4-6-22-5-3-20(15-24(22)16-21)18-30-11-9-25(10-12-30)29-27(31)23-7-8-26(33-2)28-17-23/h3-8,15-17,25H,9-14,18-19H2,1-2H3,(H,29,31). The number of carbonyl (C=O) groups is 1. The molecule has 1 saturated heterocycles. The lowest BCUT2D eigenvalue weighted by molar-refractivity contribution is 0.0617. The van der Waals surface area contributed by atoms with Crippen molar-refractivity contribution in [2.75, 3.05) is 40.5 Å². The second-order valence-corrected chi connectivity index (χ2v) is 8.67. The Hall–Kier alpha value is -3.00. The lowest BCUT2D eigenvalue weighted by Crippen LogP contribution is -2.44. The monoisotopic (exact) mass is 463 g/mol. The number of rotatable bonds is 10. The van der Waals surface area contributed by atoms with Crippen LogP contribution >= 0.6 is 0 Å². The zero-order chi connectivity index (χ0) is 23.8. The van der Waals surface area contributed by atoms with Gasteiger partial charge in [-0.2, -0.15) is 0 Å². The molecule has 1 aliphatic rings. The summed E-state index contributed by atoms with van der Waals surface area (Å²) in [6, 6.07) is 16.8. The molecule has 1 aliphatic heterocycles. The molecule has 180 valence electrons. The Morgan fingerprint density at radius 1 is 1.00 bits per heavy atom. The Morgan fingerprint density at radius 2 is 1.76 bits per heavy atom. The van der Waals surface area contributed by atoms with E-state index in [1.807, 2.05) is 0 Å². The number of piperidine rings is 1. The van der Waals surface area contributed by atoms with E-state index in [2.05, 4.69) is 51.6 Å². The van der Waals surface area contributed by atoms with Crippen LogP contribution in [0.2, 0.25) is 0 Å². The van der Waals surface area contributed by atoms with Gasteiger partial charge < -0.3 is 19.5 Å². The van der Waals surface area contributed by atoms with Crippen molar-refractivity contribution < 1.29 is 19.0 Å². The second-order valence-electron chi connectivity index (χ2n) is 8.67. The minimum absolute atomic E-state index is 0.0786. The lowest BCUT2D eigenvalue weighted by atomic mass is 10.0. The number of fused-ring (bicyclic) bond motifs is 1. The topological polar surface area (TPSA) is 72.9 Å². The quantitative estimate of drug-likeness (QED) is 0.461. The summed E-state index contributed by atoms with van der Waals surface area (Å²) < 4.78 is 15.8. The number of aromatic nitrogens is 1. The van der Waals surface area contributed by atoms with Gasteiger partial charge in [0.15, 0.2) is 0 Å². The molecule has 7 heteroatoms. The number of carbonyl (C=O) groups excluding carboxylic acids is 1. The first-order valence-electron chi connectivity index (χ1n) is 11.8. The zero-order valence-corrected chi connectivity index (χ0v) is 20.0. The summed E-state index contributed by atoms with van der Waals surface area (Å²) in [5, 5.41) is 5.62. The largest absolute Gasteiger partial charge is 0.481 e. The first-order chi connectivity index (χ1) is 16.6. The maximum absolute atomic E-state index is 12.5. The highest BCUT2D eigenvalue weighted by Crippen LogP contribution is 2.21.